The molecule has 19 heavy (non-hydrogen) atoms. The zero-order valence-corrected chi connectivity index (χ0v) is 10.9. The SMILES string of the molecule is COC(=O)C(=O)C[C@@H](Cc1ccccc1)C(=O)OC. The van der Waals surface area contributed by atoms with E-state index in [9.17, 15) is 14.4 Å². The highest BCUT2D eigenvalue weighted by Gasteiger charge is 2.26. The zero-order chi connectivity index (χ0) is 14.3. The lowest BCUT2D eigenvalue weighted by atomic mass is 9.94. The summed E-state index contributed by atoms with van der Waals surface area (Å²) in [6, 6.07) is 9.23. The number of hydrogen-bond donors (Lipinski definition) is 0. The van der Waals surface area contributed by atoms with Gasteiger partial charge >= 0.3 is 11.9 Å². The zero-order valence-electron chi connectivity index (χ0n) is 10.9. The van der Waals surface area contributed by atoms with E-state index in [1.807, 2.05) is 30.3 Å². The highest BCUT2D eigenvalue weighted by molar-refractivity contribution is 6.33. The summed E-state index contributed by atoms with van der Waals surface area (Å²) in [5.41, 5.74) is 0.899. The maximum absolute atomic E-state index is 11.6. The fraction of sp³-hybridized carbons (Fsp3) is 0.357. The second kappa shape index (κ2) is 7.31. The summed E-state index contributed by atoms with van der Waals surface area (Å²) >= 11 is 0. The summed E-state index contributed by atoms with van der Waals surface area (Å²) in [6.07, 6.45) is 0.129. The summed E-state index contributed by atoms with van der Waals surface area (Å²) in [5, 5.41) is 0. The number of Topliss-reactive ketones (excluding diaryl/α,β-unsaturated/α-hetero) is 1. The van der Waals surface area contributed by atoms with Crippen LogP contribution in [0.1, 0.15) is 12.0 Å². The Kier molecular flexibility index (Phi) is 5.73. The van der Waals surface area contributed by atoms with E-state index < -0.39 is 23.6 Å². The van der Waals surface area contributed by atoms with Gasteiger partial charge in [-0.1, -0.05) is 30.3 Å². The van der Waals surface area contributed by atoms with Crippen LogP contribution in [0, 0.1) is 5.92 Å². The standard InChI is InChI=1S/C14H16O5/c1-18-13(16)11(9-12(15)14(17)19-2)8-10-6-4-3-5-7-10/h3-7,11H,8-9H2,1-2H3/t11-/m1/s1. The maximum atomic E-state index is 11.6. The topological polar surface area (TPSA) is 69.7 Å². The first kappa shape index (κ1) is 14.9. The van der Waals surface area contributed by atoms with Crippen molar-refractivity contribution >= 4 is 17.7 Å². The van der Waals surface area contributed by atoms with Gasteiger partial charge in [-0.25, -0.2) is 4.79 Å². The monoisotopic (exact) mass is 264 g/mol. The van der Waals surface area contributed by atoms with E-state index in [4.69, 9.17) is 0 Å². The Morgan fingerprint density at radius 2 is 1.68 bits per heavy atom. The van der Waals surface area contributed by atoms with Gasteiger partial charge in [-0.3, -0.25) is 9.59 Å². The van der Waals surface area contributed by atoms with E-state index >= 15 is 0 Å². The Labute approximate surface area is 111 Å². The van der Waals surface area contributed by atoms with Crippen LogP contribution in [0.5, 0.6) is 0 Å². The van der Waals surface area contributed by atoms with E-state index in [0.29, 0.717) is 6.42 Å². The highest BCUT2D eigenvalue weighted by atomic mass is 16.5. The number of ether oxygens (including phenoxy) is 2. The van der Waals surface area contributed by atoms with E-state index in [1.165, 1.54) is 7.11 Å². The van der Waals surface area contributed by atoms with Crippen molar-refractivity contribution in [1.82, 2.24) is 0 Å². The molecule has 1 aromatic rings. The first-order valence-electron chi connectivity index (χ1n) is 5.81. The van der Waals surface area contributed by atoms with Crippen molar-refractivity contribution in [1.29, 1.82) is 0 Å². The van der Waals surface area contributed by atoms with Gasteiger partial charge in [0.2, 0.25) is 5.78 Å². The van der Waals surface area contributed by atoms with Crippen LogP contribution >= 0.6 is 0 Å². The van der Waals surface area contributed by atoms with Crippen LogP contribution < -0.4 is 0 Å². The second-order valence-corrected chi connectivity index (χ2v) is 4.03. The molecule has 1 aromatic carbocycles. The van der Waals surface area contributed by atoms with Crippen molar-refractivity contribution in [2.75, 3.05) is 14.2 Å². The molecule has 0 aliphatic carbocycles. The Morgan fingerprint density at radius 1 is 1.05 bits per heavy atom. The number of methoxy groups -OCH3 is 2. The molecule has 1 atom stereocenters. The van der Waals surface area contributed by atoms with Crippen molar-refractivity contribution in [2.24, 2.45) is 5.92 Å². The van der Waals surface area contributed by atoms with E-state index in [0.717, 1.165) is 12.7 Å². The summed E-state index contributed by atoms with van der Waals surface area (Å²) in [7, 11) is 2.38. The maximum Gasteiger partial charge on any atom is 0.374 e. The quantitative estimate of drug-likeness (QED) is 0.569. The molecule has 0 bridgehead atoms. The average molecular weight is 264 g/mol. The molecule has 0 amide bonds. The lowest BCUT2D eigenvalue weighted by Gasteiger charge is -2.13. The molecule has 5 nitrogen and oxygen atoms in total. The molecule has 0 saturated heterocycles. The smallest absolute Gasteiger partial charge is 0.374 e. The molecule has 0 heterocycles. The highest BCUT2D eigenvalue weighted by Crippen LogP contribution is 2.15. The van der Waals surface area contributed by atoms with Gasteiger partial charge in [-0.15, -0.1) is 0 Å². The van der Waals surface area contributed by atoms with E-state index in [-0.39, 0.29) is 6.42 Å². The molecule has 0 radical (unpaired) electrons. The van der Waals surface area contributed by atoms with Crippen molar-refractivity contribution in [3.63, 3.8) is 0 Å². The van der Waals surface area contributed by atoms with Gasteiger partial charge in [-0.05, 0) is 12.0 Å². The molecule has 1 rings (SSSR count). The Balaban J connectivity index is 2.76. The molecule has 0 N–H and O–H groups in total. The van der Waals surface area contributed by atoms with Gasteiger partial charge in [0.15, 0.2) is 0 Å². The number of ketones is 1. The molecule has 0 aliphatic rings. The molecule has 0 saturated carbocycles. The molecule has 5 heteroatoms. The summed E-state index contributed by atoms with van der Waals surface area (Å²) in [6.45, 7) is 0. The minimum absolute atomic E-state index is 0.214. The molecule has 0 aromatic heterocycles. The van der Waals surface area contributed by atoms with Crippen LogP contribution in [0.3, 0.4) is 0 Å². The first-order chi connectivity index (χ1) is 9.08. The minimum atomic E-state index is -0.943. The molecule has 0 unspecified atom stereocenters. The fourth-order valence-electron chi connectivity index (χ4n) is 1.73. The molecule has 0 spiro atoms. The Bertz CT molecular complexity index is 452. The molecular weight excluding hydrogens is 248 g/mol. The van der Waals surface area contributed by atoms with Crippen LogP contribution in [0.15, 0.2) is 30.3 Å². The number of esters is 2. The first-order valence-corrected chi connectivity index (χ1v) is 5.81. The van der Waals surface area contributed by atoms with Crippen molar-refractivity contribution in [3.8, 4) is 0 Å². The number of benzene rings is 1. The van der Waals surface area contributed by atoms with Crippen LogP contribution in [0.25, 0.3) is 0 Å². The van der Waals surface area contributed by atoms with Crippen LogP contribution in [-0.2, 0) is 30.3 Å². The summed E-state index contributed by atoms with van der Waals surface area (Å²) in [4.78, 5) is 34.2. The largest absolute Gasteiger partial charge is 0.469 e. The third kappa shape index (κ3) is 4.54. The molecule has 0 fully saturated rings. The number of rotatable bonds is 6. The number of carbonyl (C=O) groups excluding carboxylic acids is 3. The van der Waals surface area contributed by atoms with E-state index in [2.05, 4.69) is 9.47 Å². The predicted octanol–water partition coefficient (Wildman–Crippen LogP) is 1.15. The van der Waals surface area contributed by atoms with Crippen molar-refractivity contribution in [2.45, 2.75) is 12.8 Å². The number of hydrogen-bond acceptors (Lipinski definition) is 5. The molecule has 102 valence electrons. The normalized spacial score (nSPS) is 11.5. The van der Waals surface area contributed by atoms with E-state index in [1.54, 1.807) is 0 Å². The van der Waals surface area contributed by atoms with Gasteiger partial charge in [0.1, 0.15) is 0 Å². The molecule has 0 aliphatic heterocycles. The van der Waals surface area contributed by atoms with Gasteiger partial charge in [0.05, 0.1) is 20.1 Å². The predicted molar refractivity (Wildman–Crippen MR) is 67.3 cm³/mol. The summed E-state index contributed by atoms with van der Waals surface area (Å²) < 4.78 is 8.99. The molecular formula is C14H16O5. The minimum Gasteiger partial charge on any atom is -0.469 e. The van der Waals surface area contributed by atoms with Crippen LogP contribution in [-0.4, -0.2) is 31.9 Å². The van der Waals surface area contributed by atoms with Gasteiger partial charge < -0.3 is 9.47 Å². The average Bonchev–Trinajstić information content (AvgIpc) is 2.45. The Morgan fingerprint density at radius 3 is 2.21 bits per heavy atom. The van der Waals surface area contributed by atoms with Crippen LogP contribution in [0.2, 0.25) is 0 Å². The third-order valence-corrected chi connectivity index (χ3v) is 2.70. The van der Waals surface area contributed by atoms with Gasteiger partial charge in [0.25, 0.3) is 0 Å². The number of carbonyl (C=O) groups is 3. The second-order valence-electron chi connectivity index (χ2n) is 4.03. The summed E-state index contributed by atoms with van der Waals surface area (Å²) in [5.74, 6) is -2.86. The van der Waals surface area contributed by atoms with Gasteiger partial charge in [0, 0.05) is 6.42 Å². The fourth-order valence-corrected chi connectivity index (χ4v) is 1.73. The Hall–Kier alpha value is -2.17. The lowest BCUT2D eigenvalue weighted by molar-refractivity contribution is -0.154. The third-order valence-electron chi connectivity index (χ3n) is 2.70. The van der Waals surface area contributed by atoms with Gasteiger partial charge in [-0.2, -0.15) is 0 Å². The lowest BCUT2D eigenvalue weighted by Crippen LogP contribution is -2.26. The van der Waals surface area contributed by atoms with Crippen molar-refractivity contribution in [3.05, 3.63) is 35.9 Å². The van der Waals surface area contributed by atoms with Crippen molar-refractivity contribution < 1.29 is 23.9 Å². The van der Waals surface area contributed by atoms with Crippen LogP contribution in [0.4, 0.5) is 0 Å².